The fraction of sp³-hybridized carbons (Fsp3) is 0.720. The summed E-state index contributed by atoms with van der Waals surface area (Å²) in [4.78, 5) is 18.3. The van der Waals surface area contributed by atoms with Gasteiger partial charge in [0.1, 0.15) is 5.60 Å². The third-order valence-electron chi connectivity index (χ3n) is 7.63. The molecule has 0 spiro atoms. The van der Waals surface area contributed by atoms with Gasteiger partial charge in [-0.2, -0.15) is 13.2 Å². The highest BCUT2D eigenvalue weighted by Crippen LogP contribution is 2.47. The van der Waals surface area contributed by atoms with Crippen molar-refractivity contribution >= 4 is 17.5 Å². The van der Waals surface area contributed by atoms with Crippen LogP contribution in [0, 0.1) is 5.92 Å². The molecular weight excluding hydrogens is 467 g/mol. The van der Waals surface area contributed by atoms with Crippen LogP contribution in [-0.2, 0) is 22.3 Å². The molecule has 2 heterocycles. The average molecular weight is 502 g/mol. The Morgan fingerprint density at radius 1 is 1.24 bits per heavy atom. The largest absolute Gasteiger partial charge is 0.416 e. The number of hydrogen-bond acceptors (Lipinski definition) is 4. The second-order valence-corrected chi connectivity index (χ2v) is 10.8. The van der Waals surface area contributed by atoms with E-state index in [1.165, 1.54) is 6.07 Å². The Labute approximate surface area is 204 Å². The Kier molecular flexibility index (Phi) is 7.54. The Morgan fingerprint density at radius 3 is 2.53 bits per heavy atom. The van der Waals surface area contributed by atoms with Crippen molar-refractivity contribution in [1.82, 2.24) is 15.1 Å². The van der Waals surface area contributed by atoms with Crippen molar-refractivity contribution in [3.63, 3.8) is 0 Å². The number of benzene rings is 1. The van der Waals surface area contributed by atoms with Gasteiger partial charge in [0.15, 0.2) is 0 Å². The molecule has 9 heteroatoms. The molecule has 34 heavy (non-hydrogen) atoms. The van der Waals surface area contributed by atoms with E-state index in [-0.39, 0.29) is 23.4 Å². The number of nitrogens with zero attached hydrogens (tertiary/aromatic N) is 2. The van der Waals surface area contributed by atoms with Crippen LogP contribution in [0.2, 0.25) is 5.02 Å². The predicted octanol–water partition coefficient (Wildman–Crippen LogP) is 4.72. The molecule has 2 saturated heterocycles. The molecule has 3 atom stereocenters. The zero-order chi connectivity index (χ0) is 24.7. The quantitative estimate of drug-likeness (QED) is 0.613. The maximum atomic E-state index is 13.3. The minimum absolute atomic E-state index is 0.000435. The second kappa shape index (κ2) is 9.96. The van der Waals surface area contributed by atoms with Crippen LogP contribution in [-0.4, -0.2) is 65.7 Å². The number of ether oxygens (including phenoxy) is 1. The normalized spacial score (nSPS) is 29.4. The topological polar surface area (TPSA) is 44.8 Å². The van der Waals surface area contributed by atoms with E-state index >= 15 is 0 Å². The molecule has 1 aromatic rings. The molecular formula is C25H35ClF3N3O2. The van der Waals surface area contributed by atoms with Crippen molar-refractivity contribution in [2.24, 2.45) is 5.92 Å². The number of nitrogens with one attached hydrogen (secondary N) is 1. The first-order valence-corrected chi connectivity index (χ1v) is 12.7. The lowest BCUT2D eigenvalue weighted by molar-refractivity contribution is -0.166. The number of piperazine rings is 1. The lowest BCUT2D eigenvalue weighted by atomic mass is 9.85. The summed E-state index contributed by atoms with van der Waals surface area (Å²) in [5, 5.41) is 2.85. The molecule has 1 N–H and O–H groups in total. The van der Waals surface area contributed by atoms with Crippen LogP contribution in [0.4, 0.5) is 13.2 Å². The van der Waals surface area contributed by atoms with Gasteiger partial charge in [0.05, 0.1) is 12.2 Å². The smallest absolute Gasteiger partial charge is 0.363 e. The number of rotatable bonds is 6. The summed E-state index contributed by atoms with van der Waals surface area (Å²) >= 11 is 5.89. The standard InChI is InChI=1S/C25H35ClF3N3O2/c1-16(2)32-9-8-31(14-17(32)3)22-6-7-24(34-15-22,19-4-5-19)23(33)30-13-18-10-20(25(27,28)29)12-21(26)11-18/h10-12,16-17,19,22H,4-9,13-15H2,1-3H3,(H,30,33)/t17-,22+,24-/m0/s1. The van der Waals surface area contributed by atoms with Crippen LogP contribution >= 0.6 is 11.6 Å². The lowest BCUT2D eigenvalue weighted by Crippen LogP contribution is -2.61. The summed E-state index contributed by atoms with van der Waals surface area (Å²) in [5.41, 5.74) is -1.37. The summed E-state index contributed by atoms with van der Waals surface area (Å²) in [6, 6.07) is 4.68. The molecule has 0 aromatic heterocycles. The summed E-state index contributed by atoms with van der Waals surface area (Å²) in [7, 11) is 0. The maximum absolute atomic E-state index is 13.3. The number of alkyl halides is 3. The van der Waals surface area contributed by atoms with Gasteiger partial charge in [0.25, 0.3) is 5.91 Å². The van der Waals surface area contributed by atoms with E-state index in [1.54, 1.807) is 0 Å². The highest BCUT2D eigenvalue weighted by Gasteiger charge is 2.54. The van der Waals surface area contributed by atoms with Gasteiger partial charge in [0.2, 0.25) is 0 Å². The molecule has 0 unspecified atom stereocenters. The molecule has 1 amide bonds. The molecule has 190 valence electrons. The van der Waals surface area contributed by atoms with Gasteiger partial charge < -0.3 is 10.1 Å². The summed E-state index contributed by atoms with van der Waals surface area (Å²) in [6.45, 7) is 10.2. The van der Waals surface area contributed by atoms with Crippen molar-refractivity contribution < 1.29 is 22.7 Å². The number of carbonyl (C=O) groups excluding carboxylic acids is 1. The second-order valence-electron chi connectivity index (χ2n) is 10.4. The zero-order valence-electron chi connectivity index (χ0n) is 20.1. The fourth-order valence-corrected chi connectivity index (χ4v) is 5.91. The molecule has 1 aliphatic carbocycles. The first kappa shape index (κ1) is 25.7. The van der Waals surface area contributed by atoms with Gasteiger partial charge in [-0.25, -0.2) is 0 Å². The van der Waals surface area contributed by atoms with Gasteiger partial charge in [-0.3, -0.25) is 14.6 Å². The fourth-order valence-electron chi connectivity index (χ4n) is 5.65. The molecule has 5 nitrogen and oxygen atoms in total. The molecule has 4 rings (SSSR count). The number of hydrogen-bond donors (Lipinski definition) is 1. The number of carbonyl (C=O) groups is 1. The molecule has 3 fully saturated rings. The third kappa shape index (κ3) is 5.55. The van der Waals surface area contributed by atoms with E-state index in [9.17, 15) is 18.0 Å². The van der Waals surface area contributed by atoms with Gasteiger partial charge in [-0.05, 0) is 76.1 Å². The van der Waals surface area contributed by atoms with E-state index in [4.69, 9.17) is 16.3 Å². The summed E-state index contributed by atoms with van der Waals surface area (Å²) in [6.07, 6.45) is -1.09. The van der Waals surface area contributed by atoms with Crippen LogP contribution in [0.3, 0.4) is 0 Å². The molecule has 0 radical (unpaired) electrons. The van der Waals surface area contributed by atoms with Crippen molar-refractivity contribution in [2.45, 2.75) is 82.9 Å². The summed E-state index contributed by atoms with van der Waals surface area (Å²) in [5.74, 6) is -0.0461. The minimum atomic E-state index is -4.49. The van der Waals surface area contributed by atoms with Crippen molar-refractivity contribution in [2.75, 3.05) is 26.2 Å². The number of amides is 1. The minimum Gasteiger partial charge on any atom is -0.363 e. The van der Waals surface area contributed by atoms with Crippen LogP contribution in [0.5, 0.6) is 0 Å². The molecule has 0 bridgehead atoms. The summed E-state index contributed by atoms with van der Waals surface area (Å²) < 4.78 is 45.7. The van der Waals surface area contributed by atoms with Crippen LogP contribution in [0.15, 0.2) is 18.2 Å². The van der Waals surface area contributed by atoms with E-state index < -0.39 is 17.3 Å². The van der Waals surface area contributed by atoms with E-state index in [0.29, 0.717) is 36.7 Å². The first-order chi connectivity index (χ1) is 16.0. The SMILES string of the molecule is CC(C)N1CCN([C@@H]2CC[C@@](C(=O)NCc3cc(Cl)cc(C(F)(F)F)c3)(C3CC3)OC2)C[C@@H]1C. The maximum Gasteiger partial charge on any atom is 0.416 e. The van der Waals surface area contributed by atoms with Gasteiger partial charge >= 0.3 is 6.18 Å². The Bertz CT molecular complexity index is 883. The Balaban J connectivity index is 1.37. The average Bonchev–Trinajstić information content (AvgIpc) is 3.62. The monoisotopic (exact) mass is 501 g/mol. The van der Waals surface area contributed by atoms with Crippen LogP contribution < -0.4 is 5.32 Å². The molecule has 1 saturated carbocycles. The zero-order valence-corrected chi connectivity index (χ0v) is 20.9. The van der Waals surface area contributed by atoms with E-state index in [2.05, 4.69) is 35.9 Å². The highest BCUT2D eigenvalue weighted by molar-refractivity contribution is 6.30. The van der Waals surface area contributed by atoms with Gasteiger partial charge in [0, 0.05) is 49.3 Å². The van der Waals surface area contributed by atoms with Crippen molar-refractivity contribution in [1.29, 1.82) is 0 Å². The van der Waals surface area contributed by atoms with Crippen LogP contribution in [0.1, 0.15) is 57.6 Å². The van der Waals surface area contributed by atoms with Crippen molar-refractivity contribution in [3.8, 4) is 0 Å². The van der Waals surface area contributed by atoms with Crippen molar-refractivity contribution in [3.05, 3.63) is 34.3 Å². The number of halogens is 4. The van der Waals surface area contributed by atoms with E-state index in [0.717, 1.165) is 51.0 Å². The molecule has 1 aromatic carbocycles. The predicted molar refractivity (Wildman–Crippen MR) is 126 cm³/mol. The lowest BCUT2D eigenvalue weighted by Gasteiger charge is -2.48. The Hall–Kier alpha value is -1.35. The first-order valence-electron chi connectivity index (χ1n) is 12.3. The third-order valence-corrected chi connectivity index (χ3v) is 7.85. The van der Waals surface area contributed by atoms with Gasteiger partial charge in [-0.1, -0.05) is 11.6 Å². The molecule has 3 aliphatic rings. The highest BCUT2D eigenvalue weighted by atomic mass is 35.5. The Morgan fingerprint density at radius 2 is 1.97 bits per heavy atom. The van der Waals surface area contributed by atoms with Crippen LogP contribution in [0.25, 0.3) is 0 Å². The van der Waals surface area contributed by atoms with Gasteiger partial charge in [-0.15, -0.1) is 0 Å². The van der Waals surface area contributed by atoms with E-state index in [1.807, 2.05) is 0 Å². The molecule has 2 aliphatic heterocycles.